The third-order valence-corrected chi connectivity index (χ3v) is 8.05. The molecular formula is C32H44F2N5O7P. The van der Waals surface area contributed by atoms with E-state index >= 15 is 0 Å². The number of carbonyl (C=O) groups excluding carboxylic acids is 4. The number of likely N-dealkylation sites (tertiary alicyclic amines) is 1. The van der Waals surface area contributed by atoms with E-state index in [1.807, 2.05) is 43.0 Å². The standard InChI is InChI=1S/C11H11F2N2O3P.C11H20N2O2.C10H13NO2/c1-14-10(16)9-5-6-4-7(2-3-8(6)15-9)11(12,13)19(17)18;1-3-12(10(2)14)9-6-11(15)13-7-4-5-8-13;1-3-13-10-6-4-9(5-7-10)11(2)8-12/h2-5,15,17-18H,1H3,(H,14,16);3-9H2,1-2H3;4-8H,3H2,1-2H3. The quantitative estimate of drug-likeness (QED) is 0.173. The van der Waals surface area contributed by atoms with Crippen LogP contribution in [0.2, 0.25) is 0 Å². The summed E-state index contributed by atoms with van der Waals surface area (Å²) < 4.78 is 32.2. The minimum Gasteiger partial charge on any atom is -0.494 e. The van der Waals surface area contributed by atoms with E-state index in [4.69, 9.17) is 14.5 Å². The van der Waals surface area contributed by atoms with Crippen molar-refractivity contribution >= 4 is 49.1 Å². The lowest BCUT2D eigenvalue weighted by Crippen LogP contribution is -2.34. The molecule has 2 aromatic carbocycles. The number of nitrogens with zero attached hydrogens (tertiary/aromatic N) is 3. The Hall–Kier alpha value is -4.13. The molecule has 0 bridgehead atoms. The summed E-state index contributed by atoms with van der Waals surface area (Å²) in [6.45, 7) is 9.10. The number of alkyl halides is 2. The summed E-state index contributed by atoms with van der Waals surface area (Å²) in [6.07, 6.45) is 3.48. The molecule has 0 spiro atoms. The Morgan fingerprint density at radius 2 is 1.72 bits per heavy atom. The third kappa shape index (κ3) is 11.6. The van der Waals surface area contributed by atoms with Crippen molar-refractivity contribution in [3.63, 3.8) is 0 Å². The number of hydrogen-bond donors (Lipinski definition) is 4. The lowest BCUT2D eigenvalue weighted by molar-refractivity contribution is -0.132. The summed E-state index contributed by atoms with van der Waals surface area (Å²) in [5, 5.41) is 2.81. The van der Waals surface area contributed by atoms with Crippen LogP contribution >= 0.6 is 8.38 Å². The first kappa shape index (κ1) is 39.1. The van der Waals surface area contributed by atoms with Gasteiger partial charge in [-0.15, -0.1) is 0 Å². The van der Waals surface area contributed by atoms with Crippen molar-refractivity contribution in [3.8, 4) is 5.75 Å². The summed E-state index contributed by atoms with van der Waals surface area (Å²) in [7, 11) is -0.239. The summed E-state index contributed by atoms with van der Waals surface area (Å²) in [4.78, 5) is 70.0. The van der Waals surface area contributed by atoms with Gasteiger partial charge in [0.1, 0.15) is 11.4 Å². The van der Waals surface area contributed by atoms with Crippen LogP contribution in [0.4, 0.5) is 14.5 Å². The molecule has 47 heavy (non-hydrogen) atoms. The summed E-state index contributed by atoms with van der Waals surface area (Å²) in [5.74, 6) is 0.695. The number of ether oxygens (including phenoxy) is 1. The zero-order valence-corrected chi connectivity index (χ0v) is 28.2. The average molecular weight is 680 g/mol. The Labute approximate surface area is 274 Å². The molecule has 1 fully saturated rings. The maximum Gasteiger partial charge on any atom is 0.339 e. The number of amides is 4. The van der Waals surface area contributed by atoms with Crippen LogP contribution < -0.4 is 15.0 Å². The van der Waals surface area contributed by atoms with Gasteiger partial charge in [-0.1, -0.05) is 6.07 Å². The molecule has 0 radical (unpaired) electrons. The van der Waals surface area contributed by atoms with Gasteiger partial charge in [0.15, 0.2) is 0 Å². The van der Waals surface area contributed by atoms with Crippen molar-refractivity contribution in [2.75, 3.05) is 51.8 Å². The van der Waals surface area contributed by atoms with E-state index in [0.717, 1.165) is 55.9 Å². The lowest BCUT2D eigenvalue weighted by Gasteiger charge is -2.21. The Balaban J connectivity index is 0.000000250. The fraction of sp³-hybridized carbons (Fsp3) is 0.438. The van der Waals surface area contributed by atoms with Crippen LogP contribution in [0.15, 0.2) is 48.5 Å². The smallest absolute Gasteiger partial charge is 0.339 e. The molecule has 0 atom stereocenters. The number of benzene rings is 2. The predicted octanol–water partition coefficient (Wildman–Crippen LogP) is 4.42. The van der Waals surface area contributed by atoms with Gasteiger partial charge in [0.25, 0.3) is 5.91 Å². The van der Waals surface area contributed by atoms with E-state index in [1.54, 1.807) is 18.9 Å². The number of rotatable bonds is 11. The van der Waals surface area contributed by atoms with Gasteiger partial charge in [0.05, 0.1) is 6.61 Å². The van der Waals surface area contributed by atoms with Crippen molar-refractivity contribution in [2.24, 2.45) is 0 Å². The number of aromatic nitrogens is 1. The Kier molecular flexibility index (Phi) is 15.7. The first-order valence-electron chi connectivity index (χ1n) is 15.1. The molecular weight excluding hydrogens is 635 g/mol. The highest BCUT2D eigenvalue weighted by Crippen LogP contribution is 2.52. The molecule has 4 amide bonds. The molecule has 12 nitrogen and oxygen atoms in total. The van der Waals surface area contributed by atoms with Crippen LogP contribution in [0.25, 0.3) is 10.9 Å². The lowest BCUT2D eigenvalue weighted by atomic mass is 10.1. The van der Waals surface area contributed by atoms with Gasteiger partial charge in [0.2, 0.25) is 26.6 Å². The molecule has 3 aromatic rings. The monoisotopic (exact) mass is 679 g/mol. The van der Waals surface area contributed by atoms with Crippen LogP contribution in [0.3, 0.4) is 0 Å². The summed E-state index contributed by atoms with van der Waals surface area (Å²) in [5.41, 5.74) is -2.59. The van der Waals surface area contributed by atoms with Gasteiger partial charge >= 0.3 is 5.66 Å². The summed E-state index contributed by atoms with van der Waals surface area (Å²) in [6, 6.07) is 12.4. The molecule has 15 heteroatoms. The van der Waals surface area contributed by atoms with Crippen molar-refractivity contribution in [1.29, 1.82) is 0 Å². The predicted molar refractivity (Wildman–Crippen MR) is 177 cm³/mol. The zero-order valence-electron chi connectivity index (χ0n) is 27.3. The Bertz CT molecular complexity index is 1460. The van der Waals surface area contributed by atoms with Crippen LogP contribution in [-0.4, -0.2) is 95.6 Å². The SMILES string of the molecule is CCN(CCC(=O)N1CCCC1)C(C)=O.CCOc1ccc(N(C)C=O)cc1.CNC(=O)c1cc2cc(C(F)(F)P(O)O)ccc2[nH]1. The fourth-order valence-electron chi connectivity index (χ4n) is 4.59. The number of H-pyrrole nitrogens is 1. The molecule has 4 N–H and O–H groups in total. The second-order valence-electron chi connectivity index (χ2n) is 10.5. The topological polar surface area (TPSA) is 156 Å². The highest BCUT2D eigenvalue weighted by atomic mass is 31.2. The van der Waals surface area contributed by atoms with Crippen molar-refractivity contribution < 1.29 is 42.5 Å². The van der Waals surface area contributed by atoms with E-state index in [1.165, 1.54) is 24.1 Å². The highest BCUT2D eigenvalue weighted by Gasteiger charge is 2.41. The second-order valence-corrected chi connectivity index (χ2v) is 11.6. The van der Waals surface area contributed by atoms with Crippen LogP contribution in [0.5, 0.6) is 5.75 Å². The largest absolute Gasteiger partial charge is 0.494 e. The van der Waals surface area contributed by atoms with Gasteiger partial charge in [-0.25, -0.2) is 0 Å². The minimum absolute atomic E-state index is 0.0479. The van der Waals surface area contributed by atoms with Crippen LogP contribution in [0, 0.1) is 0 Å². The zero-order chi connectivity index (χ0) is 35.1. The molecule has 258 valence electrons. The molecule has 4 rings (SSSR count). The maximum absolute atomic E-state index is 13.5. The summed E-state index contributed by atoms with van der Waals surface area (Å²) >= 11 is 0. The van der Waals surface area contributed by atoms with Gasteiger partial charge in [-0.05, 0) is 69.2 Å². The van der Waals surface area contributed by atoms with Crippen LogP contribution in [0.1, 0.15) is 56.1 Å². The van der Waals surface area contributed by atoms with Gasteiger partial charge < -0.3 is 39.5 Å². The molecule has 0 aliphatic carbocycles. The first-order chi connectivity index (χ1) is 22.3. The Morgan fingerprint density at radius 3 is 2.23 bits per heavy atom. The highest BCUT2D eigenvalue weighted by molar-refractivity contribution is 7.46. The van der Waals surface area contributed by atoms with Crippen molar-refractivity contribution in [3.05, 3.63) is 59.8 Å². The molecule has 1 saturated heterocycles. The van der Waals surface area contributed by atoms with Crippen molar-refractivity contribution in [2.45, 2.75) is 45.7 Å². The fourth-order valence-corrected chi connectivity index (χ4v) is 4.96. The molecule has 0 unspecified atom stereocenters. The maximum atomic E-state index is 13.5. The number of halogens is 2. The number of anilines is 1. The first-order valence-corrected chi connectivity index (χ1v) is 16.4. The molecule has 1 aromatic heterocycles. The number of nitrogens with one attached hydrogen (secondary N) is 2. The van der Waals surface area contributed by atoms with Gasteiger partial charge in [-0.2, -0.15) is 8.78 Å². The van der Waals surface area contributed by atoms with E-state index in [-0.39, 0.29) is 23.4 Å². The molecule has 1 aliphatic heterocycles. The number of aromatic amines is 1. The van der Waals surface area contributed by atoms with E-state index in [0.29, 0.717) is 37.0 Å². The normalized spacial score (nSPS) is 12.4. The average Bonchev–Trinajstić information content (AvgIpc) is 3.76. The van der Waals surface area contributed by atoms with E-state index < -0.39 is 19.6 Å². The van der Waals surface area contributed by atoms with Gasteiger partial charge in [-0.3, -0.25) is 19.2 Å². The second kappa shape index (κ2) is 18.9. The van der Waals surface area contributed by atoms with Crippen molar-refractivity contribution in [1.82, 2.24) is 20.1 Å². The van der Waals surface area contributed by atoms with Gasteiger partial charge in [0, 0.05) is 75.8 Å². The number of carbonyl (C=O) groups is 4. The van der Waals surface area contributed by atoms with E-state index in [9.17, 15) is 28.0 Å². The van der Waals surface area contributed by atoms with Crippen LogP contribution in [-0.2, 0) is 20.0 Å². The molecule has 0 saturated carbocycles. The molecule has 1 aliphatic rings. The number of fused-ring (bicyclic) bond motifs is 1. The minimum atomic E-state index is -3.70. The third-order valence-electron chi connectivity index (χ3n) is 7.29. The van der Waals surface area contributed by atoms with E-state index in [2.05, 4.69) is 10.3 Å². The Morgan fingerprint density at radius 1 is 1.09 bits per heavy atom. The number of hydrogen-bond acceptors (Lipinski definition) is 7. The molecule has 2 heterocycles.